The second kappa shape index (κ2) is 7.66. The van der Waals surface area contributed by atoms with Crippen molar-refractivity contribution in [2.24, 2.45) is 5.92 Å². The molecule has 0 atom stereocenters. The molecule has 5 nitrogen and oxygen atoms in total. The minimum Gasteiger partial charge on any atom is -0.493 e. The van der Waals surface area contributed by atoms with Crippen LogP contribution < -0.4 is 15.6 Å². The maximum atomic E-state index is 11.9. The molecule has 3 rings (SSSR count). The Morgan fingerprint density at radius 3 is 2.48 bits per heavy atom. The Kier molecular flexibility index (Phi) is 5.14. The molecule has 3 aromatic rings. The van der Waals surface area contributed by atoms with E-state index in [9.17, 15) is 4.79 Å². The van der Waals surface area contributed by atoms with E-state index >= 15 is 0 Å². The fourth-order valence-corrected chi connectivity index (χ4v) is 2.31. The Bertz CT molecular complexity index is 871. The van der Waals surface area contributed by atoms with Crippen LogP contribution in [-0.2, 0) is 0 Å². The van der Waals surface area contributed by atoms with Gasteiger partial charge in [-0.15, -0.1) is 0 Å². The monoisotopic (exact) mass is 335 g/mol. The summed E-state index contributed by atoms with van der Waals surface area (Å²) in [5.74, 6) is 1.70. The largest absolute Gasteiger partial charge is 0.493 e. The van der Waals surface area contributed by atoms with E-state index in [0.717, 1.165) is 17.0 Å². The van der Waals surface area contributed by atoms with Crippen molar-refractivity contribution < 1.29 is 4.74 Å². The molecule has 0 unspecified atom stereocenters. The van der Waals surface area contributed by atoms with Crippen molar-refractivity contribution in [3.8, 4) is 17.0 Å². The lowest BCUT2D eigenvalue weighted by molar-refractivity contribution is 0.271. The van der Waals surface area contributed by atoms with Crippen LogP contribution in [0.3, 0.4) is 0 Å². The number of H-pyrrole nitrogens is 1. The number of aromatic nitrogens is 2. The van der Waals surface area contributed by atoms with E-state index in [1.54, 1.807) is 0 Å². The van der Waals surface area contributed by atoms with Crippen LogP contribution in [0.4, 0.5) is 11.6 Å². The number of ether oxygens (including phenoxy) is 1. The van der Waals surface area contributed by atoms with E-state index < -0.39 is 0 Å². The molecular formula is C20H21N3O2. The van der Waals surface area contributed by atoms with Gasteiger partial charge in [-0.1, -0.05) is 44.2 Å². The van der Waals surface area contributed by atoms with Crippen LogP contribution in [0, 0.1) is 5.92 Å². The number of rotatable bonds is 6. The van der Waals surface area contributed by atoms with Crippen LogP contribution in [0.2, 0.25) is 0 Å². The summed E-state index contributed by atoms with van der Waals surface area (Å²) in [4.78, 5) is 19.1. The maximum Gasteiger partial charge on any atom is 0.252 e. The second-order valence-corrected chi connectivity index (χ2v) is 6.20. The van der Waals surface area contributed by atoms with E-state index in [-0.39, 0.29) is 5.56 Å². The molecule has 0 bridgehead atoms. The van der Waals surface area contributed by atoms with E-state index in [0.29, 0.717) is 24.2 Å². The lowest BCUT2D eigenvalue weighted by Gasteiger charge is -2.10. The van der Waals surface area contributed by atoms with Crippen molar-refractivity contribution in [1.82, 2.24) is 9.97 Å². The van der Waals surface area contributed by atoms with Crippen molar-refractivity contribution in [2.45, 2.75) is 13.8 Å². The fourth-order valence-electron chi connectivity index (χ4n) is 2.31. The molecule has 0 aliphatic heterocycles. The number of nitrogens with one attached hydrogen (secondary N) is 2. The van der Waals surface area contributed by atoms with Gasteiger partial charge < -0.3 is 10.1 Å². The standard InChI is InChI=1S/C20H21N3O2/c1-14(2)13-25-17-10-8-16(9-11-17)21-20-22-18(12-19(24)23-20)15-6-4-3-5-7-15/h3-12,14H,13H2,1-2H3,(H2,21,22,23,24). The van der Waals surface area contributed by atoms with Gasteiger partial charge in [0.05, 0.1) is 12.3 Å². The summed E-state index contributed by atoms with van der Waals surface area (Å²) >= 11 is 0. The van der Waals surface area contributed by atoms with Crippen LogP contribution in [0.25, 0.3) is 11.3 Å². The highest BCUT2D eigenvalue weighted by atomic mass is 16.5. The van der Waals surface area contributed by atoms with E-state index in [4.69, 9.17) is 4.74 Å². The zero-order valence-electron chi connectivity index (χ0n) is 14.3. The molecule has 5 heteroatoms. The van der Waals surface area contributed by atoms with Crippen molar-refractivity contribution in [1.29, 1.82) is 0 Å². The topological polar surface area (TPSA) is 67.0 Å². The average Bonchev–Trinajstić information content (AvgIpc) is 2.61. The molecule has 0 amide bonds. The van der Waals surface area contributed by atoms with E-state index in [1.165, 1.54) is 6.07 Å². The summed E-state index contributed by atoms with van der Waals surface area (Å²) in [7, 11) is 0. The van der Waals surface area contributed by atoms with Crippen LogP contribution in [0.15, 0.2) is 65.5 Å². The molecule has 2 N–H and O–H groups in total. The van der Waals surface area contributed by atoms with Crippen molar-refractivity contribution in [2.75, 3.05) is 11.9 Å². The van der Waals surface area contributed by atoms with Gasteiger partial charge in [0, 0.05) is 17.3 Å². The zero-order chi connectivity index (χ0) is 17.6. The number of benzene rings is 2. The first kappa shape index (κ1) is 16.8. The summed E-state index contributed by atoms with van der Waals surface area (Å²) < 4.78 is 5.67. The molecule has 0 fully saturated rings. The Morgan fingerprint density at radius 2 is 1.80 bits per heavy atom. The van der Waals surface area contributed by atoms with Crippen LogP contribution in [0.1, 0.15) is 13.8 Å². The predicted molar refractivity (Wildman–Crippen MR) is 100 cm³/mol. The van der Waals surface area contributed by atoms with E-state index in [1.807, 2.05) is 54.6 Å². The highest BCUT2D eigenvalue weighted by Gasteiger charge is 2.05. The number of aromatic amines is 1. The molecule has 0 aliphatic rings. The van der Waals surface area contributed by atoms with Crippen LogP contribution in [-0.4, -0.2) is 16.6 Å². The molecule has 0 saturated carbocycles. The van der Waals surface area contributed by atoms with Crippen LogP contribution >= 0.6 is 0 Å². The summed E-state index contributed by atoms with van der Waals surface area (Å²) in [6.07, 6.45) is 0. The Labute approximate surface area is 146 Å². The molecular weight excluding hydrogens is 314 g/mol. The molecule has 0 saturated heterocycles. The SMILES string of the molecule is CC(C)COc1ccc(Nc2nc(-c3ccccc3)cc(=O)[nH]2)cc1. The number of nitrogens with zero attached hydrogens (tertiary/aromatic N) is 1. The van der Waals surface area contributed by atoms with Gasteiger partial charge in [-0.2, -0.15) is 0 Å². The first-order valence-electron chi connectivity index (χ1n) is 8.27. The zero-order valence-corrected chi connectivity index (χ0v) is 14.3. The lowest BCUT2D eigenvalue weighted by Crippen LogP contribution is -2.10. The maximum absolute atomic E-state index is 11.9. The van der Waals surface area contributed by atoms with Gasteiger partial charge in [0.15, 0.2) is 0 Å². The third kappa shape index (κ3) is 4.70. The number of hydrogen-bond acceptors (Lipinski definition) is 4. The summed E-state index contributed by atoms with van der Waals surface area (Å²) in [5.41, 5.74) is 2.15. The fraction of sp³-hybridized carbons (Fsp3) is 0.200. The van der Waals surface area contributed by atoms with Gasteiger partial charge in [0.1, 0.15) is 5.75 Å². The van der Waals surface area contributed by atoms with Crippen molar-refractivity contribution in [3.63, 3.8) is 0 Å². The highest BCUT2D eigenvalue weighted by molar-refractivity contribution is 5.62. The van der Waals surface area contributed by atoms with Gasteiger partial charge in [0.25, 0.3) is 5.56 Å². The summed E-state index contributed by atoms with van der Waals surface area (Å²) in [6.45, 7) is 4.90. The van der Waals surface area contributed by atoms with Gasteiger partial charge in [-0.05, 0) is 30.2 Å². The van der Waals surface area contributed by atoms with E-state index in [2.05, 4.69) is 29.1 Å². The van der Waals surface area contributed by atoms with Gasteiger partial charge in [-0.3, -0.25) is 9.78 Å². The molecule has 2 aromatic carbocycles. The quantitative estimate of drug-likeness (QED) is 0.708. The lowest BCUT2D eigenvalue weighted by atomic mass is 10.1. The van der Waals surface area contributed by atoms with Gasteiger partial charge in [-0.25, -0.2) is 4.98 Å². The first-order chi connectivity index (χ1) is 12.1. The van der Waals surface area contributed by atoms with Crippen molar-refractivity contribution in [3.05, 3.63) is 71.0 Å². The second-order valence-electron chi connectivity index (χ2n) is 6.20. The van der Waals surface area contributed by atoms with Crippen molar-refractivity contribution >= 4 is 11.6 Å². The first-order valence-corrected chi connectivity index (χ1v) is 8.27. The van der Waals surface area contributed by atoms with Gasteiger partial charge in [0.2, 0.25) is 5.95 Å². The highest BCUT2D eigenvalue weighted by Crippen LogP contribution is 2.20. The molecule has 0 spiro atoms. The number of anilines is 2. The third-order valence-electron chi connectivity index (χ3n) is 3.51. The number of hydrogen-bond donors (Lipinski definition) is 2. The summed E-state index contributed by atoms with van der Waals surface area (Å²) in [6, 6.07) is 18.7. The summed E-state index contributed by atoms with van der Waals surface area (Å²) in [5, 5.41) is 3.12. The molecule has 128 valence electrons. The smallest absolute Gasteiger partial charge is 0.252 e. The molecule has 1 heterocycles. The molecule has 0 radical (unpaired) electrons. The minimum atomic E-state index is -0.201. The minimum absolute atomic E-state index is 0.201. The Hall–Kier alpha value is -3.08. The third-order valence-corrected chi connectivity index (χ3v) is 3.51. The predicted octanol–water partition coefficient (Wildman–Crippen LogP) is 4.22. The van der Waals surface area contributed by atoms with Gasteiger partial charge >= 0.3 is 0 Å². The molecule has 25 heavy (non-hydrogen) atoms. The Morgan fingerprint density at radius 1 is 1.08 bits per heavy atom. The average molecular weight is 335 g/mol. The molecule has 1 aromatic heterocycles. The Balaban J connectivity index is 1.77. The normalized spacial score (nSPS) is 10.7. The molecule has 0 aliphatic carbocycles. The van der Waals surface area contributed by atoms with Crippen LogP contribution in [0.5, 0.6) is 5.75 Å².